The van der Waals surface area contributed by atoms with Crippen LogP contribution in [0, 0.1) is 11.7 Å². The number of likely N-dealkylation sites (tertiary alicyclic amines) is 1. The summed E-state index contributed by atoms with van der Waals surface area (Å²) in [7, 11) is 0. The van der Waals surface area contributed by atoms with Crippen LogP contribution in [0.5, 0.6) is 0 Å². The van der Waals surface area contributed by atoms with Crippen molar-refractivity contribution in [3.05, 3.63) is 95.7 Å². The summed E-state index contributed by atoms with van der Waals surface area (Å²) >= 11 is 0. The summed E-state index contributed by atoms with van der Waals surface area (Å²) in [5.41, 5.74) is 1.01. The van der Waals surface area contributed by atoms with Gasteiger partial charge in [0.05, 0.1) is 30.3 Å². The minimum atomic E-state index is -0.557. The van der Waals surface area contributed by atoms with E-state index in [0.29, 0.717) is 25.1 Å². The lowest BCUT2D eigenvalue weighted by Gasteiger charge is -2.39. The van der Waals surface area contributed by atoms with Gasteiger partial charge in [-0.25, -0.2) is 4.39 Å². The van der Waals surface area contributed by atoms with Crippen molar-refractivity contribution in [2.24, 2.45) is 5.92 Å². The molecule has 30 heavy (non-hydrogen) atoms. The van der Waals surface area contributed by atoms with Crippen LogP contribution in [0.1, 0.15) is 40.6 Å². The molecule has 2 atom stereocenters. The highest BCUT2D eigenvalue weighted by Crippen LogP contribution is 2.35. The van der Waals surface area contributed by atoms with E-state index in [-0.39, 0.29) is 30.0 Å². The van der Waals surface area contributed by atoms with Crippen molar-refractivity contribution in [2.75, 3.05) is 6.54 Å². The lowest BCUT2D eigenvalue weighted by atomic mass is 9.87. The summed E-state index contributed by atoms with van der Waals surface area (Å²) in [6.07, 6.45) is 2.83. The molecule has 3 aromatic rings. The second-order valence-corrected chi connectivity index (χ2v) is 7.44. The van der Waals surface area contributed by atoms with Gasteiger partial charge in [0, 0.05) is 6.54 Å². The van der Waals surface area contributed by atoms with Gasteiger partial charge in [0.25, 0.3) is 5.91 Å². The lowest BCUT2D eigenvalue weighted by Crippen LogP contribution is -2.47. The zero-order chi connectivity index (χ0) is 20.9. The molecule has 2 amide bonds. The third-order valence-corrected chi connectivity index (χ3v) is 5.52. The molecule has 5 nitrogen and oxygen atoms in total. The first-order chi connectivity index (χ1) is 14.6. The Hall–Kier alpha value is -3.41. The normalized spacial score (nSPS) is 18.8. The van der Waals surface area contributed by atoms with Gasteiger partial charge in [-0.05, 0) is 42.7 Å². The van der Waals surface area contributed by atoms with E-state index in [0.717, 1.165) is 5.56 Å². The summed E-state index contributed by atoms with van der Waals surface area (Å²) < 4.78 is 19.6. The highest BCUT2D eigenvalue weighted by atomic mass is 19.1. The Bertz CT molecular complexity index is 1000. The molecule has 2 aromatic carbocycles. The number of nitrogens with zero attached hydrogens (tertiary/aromatic N) is 1. The Morgan fingerprint density at radius 2 is 1.77 bits per heavy atom. The molecule has 1 saturated heterocycles. The molecule has 1 aliphatic heterocycles. The van der Waals surface area contributed by atoms with Gasteiger partial charge in [0.15, 0.2) is 0 Å². The van der Waals surface area contributed by atoms with Crippen molar-refractivity contribution in [3.8, 4) is 0 Å². The first kappa shape index (κ1) is 19.9. The highest BCUT2D eigenvalue weighted by molar-refractivity contribution is 5.95. The van der Waals surface area contributed by atoms with Crippen molar-refractivity contribution < 1.29 is 18.4 Å². The molecule has 1 aromatic heterocycles. The molecule has 1 N–H and O–H groups in total. The summed E-state index contributed by atoms with van der Waals surface area (Å²) in [6, 6.07) is 19.0. The molecule has 0 spiro atoms. The van der Waals surface area contributed by atoms with Crippen LogP contribution in [0.3, 0.4) is 0 Å². The number of piperidine rings is 1. The molecule has 0 saturated carbocycles. The maximum Gasteiger partial charge on any atom is 0.257 e. The number of hydrogen-bond acceptors (Lipinski definition) is 3. The number of furan rings is 1. The summed E-state index contributed by atoms with van der Waals surface area (Å²) in [5, 5.41) is 2.88. The topological polar surface area (TPSA) is 62.6 Å². The fraction of sp³-hybridized carbons (Fsp3) is 0.250. The van der Waals surface area contributed by atoms with Crippen molar-refractivity contribution in [3.63, 3.8) is 0 Å². The average molecular weight is 406 g/mol. The van der Waals surface area contributed by atoms with Crippen LogP contribution in [0.25, 0.3) is 0 Å². The molecule has 6 heteroatoms. The standard InChI is InChI=1S/C24H23FN2O3/c25-21-11-5-4-10-20(21)24(29)27-16-18(23(28)26-15-19-9-6-14-30-19)12-13-22(27)17-7-2-1-3-8-17/h1-11,14,18,22H,12-13,15-16H2,(H,26,28). The zero-order valence-corrected chi connectivity index (χ0v) is 16.5. The molecule has 0 bridgehead atoms. The molecular formula is C24H23FN2O3. The van der Waals surface area contributed by atoms with E-state index in [1.165, 1.54) is 12.1 Å². The summed E-state index contributed by atoms with van der Waals surface area (Å²) in [4.78, 5) is 27.6. The van der Waals surface area contributed by atoms with E-state index in [2.05, 4.69) is 5.32 Å². The van der Waals surface area contributed by atoms with Gasteiger partial charge in [-0.2, -0.15) is 0 Å². The number of hydrogen-bond donors (Lipinski definition) is 1. The van der Waals surface area contributed by atoms with Gasteiger partial charge in [0.2, 0.25) is 5.91 Å². The minimum Gasteiger partial charge on any atom is -0.467 e. The van der Waals surface area contributed by atoms with E-state index in [4.69, 9.17) is 4.42 Å². The second-order valence-electron chi connectivity index (χ2n) is 7.44. The third-order valence-electron chi connectivity index (χ3n) is 5.52. The molecule has 1 aliphatic rings. The van der Waals surface area contributed by atoms with Crippen LogP contribution >= 0.6 is 0 Å². The van der Waals surface area contributed by atoms with E-state index in [9.17, 15) is 14.0 Å². The van der Waals surface area contributed by atoms with Gasteiger partial charge >= 0.3 is 0 Å². The number of amides is 2. The SMILES string of the molecule is O=C(NCc1ccco1)C1CCC(c2ccccc2)N(C(=O)c2ccccc2F)C1. The predicted octanol–water partition coefficient (Wildman–Crippen LogP) is 4.33. The van der Waals surface area contributed by atoms with Crippen LogP contribution < -0.4 is 5.32 Å². The Labute approximate surface area is 174 Å². The van der Waals surface area contributed by atoms with Crippen molar-refractivity contribution >= 4 is 11.8 Å². The Morgan fingerprint density at radius 1 is 1.00 bits per heavy atom. The number of carbonyl (C=O) groups is 2. The second kappa shape index (κ2) is 8.95. The van der Waals surface area contributed by atoms with E-state index >= 15 is 0 Å². The fourth-order valence-corrected chi connectivity index (χ4v) is 3.95. The lowest BCUT2D eigenvalue weighted by molar-refractivity contribution is -0.127. The minimum absolute atomic E-state index is 0.0232. The Morgan fingerprint density at radius 3 is 2.50 bits per heavy atom. The first-order valence-corrected chi connectivity index (χ1v) is 10.0. The number of rotatable bonds is 5. The van der Waals surface area contributed by atoms with Gasteiger partial charge in [-0.1, -0.05) is 42.5 Å². The quantitative estimate of drug-likeness (QED) is 0.686. The molecule has 4 rings (SSSR count). The third kappa shape index (κ3) is 4.27. The number of nitrogens with one attached hydrogen (secondary N) is 1. The molecule has 0 aliphatic carbocycles. The van der Waals surface area contributed by atoms with E-state index in [1.807, 2.05) is 30.3 Å². The Kier molecular flexibility index (Phi) is 5.93. The van der Waals surface area contributed by atoms with Gasteiger partial charge in [0.1, 0.15) is 11.6 Å². The zero-order valence-electron chi connectivity index (χ0n) is 16.5. The first-order valence-electron chi connectivity index (χ1n) is 10.0. The summed E-state index contributed by atoms with van der Waals surface area (Å²) in [6.45, 7) is 0.530. The smallest absolute Gasteiger partial charge is 0.257 e. The molecule has 154 valence electrons. The predicted molar refractivity (Wildman–Crippen MR) is 110 cm³/mol. The maximum absolute atomic E-state index is 14.3. The van der Waals surface area contributed by atoms with Gasteiger partial charge < -0.3 is 14.6 Å². The monoisotopic (exact) mass is 406 g/mol. The number of carbonyl (C=O) groups excluding carboxylic acids is 2. The van der Waals surface area contributed by atoms with E-state index in [1.54, 1.807) is 35.4 Å². The van der Waals surface area contributed by atoms with Crippen molar-refractivity contribution in [1.82, 2.24) is 10.2 Å². The largest absolute Gasteiger partial charge is 0.467 e. The van der Waals surface area contributed by atoms with Gasteiger partial charge in [-0.15, -0.1) is 0 Å². The van der Waals surface area contributed by atoms with Crippen LogP contribution in [-0.2, 0) is 11.3 Å². The maximum atomic E-state index is 14.3. The van der Waals surface area contributed by atoms with Crippen LogP contribution in [-0.4, -0.2) is 23.3 Å². The van der Waals surface area contributed by atoms with Gasteiger partial charge in [-0.3, -0.25) is 9.59 Å². The van der Waals surface area contributed by atoms with Crippen molar-refractivity contribution in [2.45, 2.75) is 25.4 Å². The van der Waals surface area contributed by atoms with E-state index < -0.39 is 11.7 Å². The highest BCUT2D eigenvalue weighted by Gasteiger charge is 2.36. The average Bonchev–Trinajstić information content (AvgIpc) is 3.31. The molecular weight excluding hydrogens is 383 g/mol. The molecule has 1 fully saturated rings. The molecule has 2 heterocycles. The number of halogens is 1. The van der Waals surface area contributed by atoms with Crippen LogP contribution in [0.2, 0.25) is 0 Å². The molecule has 0 radical (unpaired) electrons. The van der Waals surface area contributed by atoms with Crippen LogP contribution in [0.4, 0.5) is 4.39 Å². The molecule has 2 unspecified atom stereocenters. The fourth-order valence-electron chi connectivity index (χ4n) is 3.95. The van der Waals surface area contributed by atoms with Crippen LogP contribution in [0.15, 0.2) is 77.4 Å². The summed E-state index contributed by atoms with van der Waals surface area (Å²) in [5.74, 6) is -0.787. The Balaban J connectivity index is 1.55. The number of benzene rings is 2. The van der Waals surface area contributed by atoms with Crippen molar-refractivity contribution in [1.29, 1.82) is 0 Å².